The van der Waals surface area contributed by atoms with Crippen LogP contribution in [0.3, 0.4) is 0 Å². The van der Waals surface area contributed by atoms with Gasteiger partial charge in [0.1, 0.15) is 0 Å². The molecule has 6 nitrogen and oxygen atoms in total. The normalized spacial score (nSPS) is 12.7. The molecule has 0 saturated carbocycles. The molecule has 0 spiro atoms. The van der Waals surface area contributed by atoms with Crippen LogP contribution in [-0.4, -0.2) is 16.8 Å². The Morgan fingerprint density at radius 1 is 1.00 bits per heavy atom. The Morgan fingerprint density at radius 2 is 1.82 bits per heavy atom. The molecular weight excluding hydrogens is 224 g/mol. The van der Waals surface area contributed by atoms with E-state index in [9.17, 15) is 9.59 Å². The summed E-state index contributed by atoms with van der Waals surface area (Å²) in [4.78, 5) is 27.0. The number of ether oxygens (including phenoxy) is 2. The van der Waals surface area contributed by atoms with Crippen LogP contribution in [0.1, 0.15) is 0 Å². The van der Waals surface area contributed by atoms with Crippen LogP contribution >= 0.6 is 0 Å². The molecule has 0 fully saturated rings. The average molecular weight is 232 g/mol. The number of hydrogen-bond donors (Lipinski definition) is 2. The number of hydrogen-bond acceptors (Lipinski definition) is 4. The summed E-state index contributed by atoms with van der Waals surface area (Å²) in [5.74, 6) is 1.25. The Hall–Kier alpha value is -2.50. The molecule has 0 bridgehead atoms. The molecule has 6 heteroatoms. The Labute approximate surface area is 94.8 Å². The van der Waals surface area contributed by atoms with E-state index >= 15 is 0 Å². The lowest BCUT2D eigenvalue weighted by atomic mass is 10.1. The zero-order valence-electron chi connectivity index (χ0n) is 8.65. The first kappa shape index (κ1) is 9.71. The van der Waals surface area contributed by atoms with Crippen LogP contribution in [0.2, 0.25) is 0 Å². The smallest absolute Gasteiger partial charge is 0.326 e. The number of fused-ring (bicyclic) bond motifs is 1. The predicted molar refractivity (Wildman–Crippen MR) is 59.2 cm³/mol. The van der Waals surface area contributed by atoms with Gasteiger partial charge in [-0.3, -0.25) is 9.78 Å². The van der Waals surface area contributed by atoms with Crippen molar-refractivity contribution < 1.29 is 9.47 Å². The van der Waals surface area contributed by atoms with Crippen LogP contribution in [0.25, 0.3) is 11.3 Å². The van der Waals surface area contributed by atoms with E-state index in [0.29, 0.717) is 22.8 Å². The third-order valence-corrected chi connectivity index (χ3v) is 2.44. The molecule has 1 aromatic heterocycles. The SMILES string of the molecule is O=c1cc(-c2ccc3c(c2)OCO3)[nH]c(=O)[nH]1. The molecule has 0 atom stereocenters. The number of aromatic nitrogens is 2. The van der Waals surface area contributed by atoms with Gasteiger partial charge in [0.25, 0.3) is 5.56 Å². The van der Waals surface area contributed by atoms with Crippen LogP contribution in [0.4, 0.5) is 0 Å². The first-order chi connectivity index (χ1) is 8.22. The van der Waals surface area contributed by atoms with Gasteiger partial charge in [0.2, 0.25) is 6.79 Å². The van der Waals surface area contributed by atoms with Gasteiger partial charge in [0.05, 0.1) is 5.69 Å². The van der Waals surface area contributed by atoms with Crippen molar-refractivity contribution in [2.75, 3.05) is 6.79 Å². The molecule has 0 aliphatic carbocycles. The molecule has 0 amide bonds. The molecule has 1 aromatic carbocycles. The highest BCUT2D eigenvalue weighted by Crippen LogP contribution is 2.34. The zero-order chi connectivity index (χ0) is 11.8. The fraction of sp³-hybridized carbons (Fsp3) is 0.0909. The van der Waals surface area contributed by atoms with Gasteiger partial charge in [0, 0.05) is 11.6 Å². The van der Waals surface area contributed by atoms with E-state index in [1.807, 2.05) is 0 Å². The maximum absolute atomic E-state index is 11.2. The van der Waals surface area contributed by atoms with Crippen molar-refractivity contribution in [2.24, 2.45) is 0 Å². The lowest BCUT2D eigenvalue weighted by Crippen LogP contribution is -2.21. The second-order valence-electron chi connectivity index (χ2n) is 3.57. The van der Waals surface area contributed by atoms with E-state index in [1.165, 1.54) is 6.07 Å². The first-order valence-corrected chi connectivity index (χ1v) is 4.96. The van der Waals surface area contributed by atoms with Gasteiger partial charge >= 0.3 is 5.69 Å². The molecule has 2 heterocycles. The number of H-pyrrole nitrogens is 2. The summed E-state index contributed by atoms with van der Waals surface area (Å²) in [5, 5.41) is 0. The molecule has 0 saturated heterocycles. The molecule has 1 aliphatic rings. The highest BCUT2D eigenvalue weighted by atomic mass is 16.7. The Kier molecular flexibility index (Phi) is 2.01. The second-order valence-corrected chi connectivity index (χ2v) is 3.57. The molecule has 0 radical (unpaired) electrons. The molecule has 0 unspecified atom stereocenters. The summed E-state index contributed by atoms with van der Waals surface area (Å²) >= 11 is 0. The third-order valence-electron chi connectivity index (χ3n) is 2.44. The van der Waals surface area contributed by atoms with Crippen molar-refractivity contribution in [2.45, 2.75) is 0 Å². The van der Waals surface area contributed by atoms with Gasteiger partial charge in [-0.2, -0.15) is 0 Å². The lowest BCUT2D eigenvalue weighted by Gasteiger charge is -2.02. The van der Waals surface area contributed by atoms with Crippen molar-refractivity contribution >= 4 is 0 Å². The van der Waals surface area contributed by atoms with Gasteiger partial charge in [0.15, 0.2) is 11.5 Å². The lowest BCUT2D eigenvalue weighted by molar-refractivity contribution is 0.174. The van der Waals surface area contributed by atoms with Crippen LogP contribution in [0, 0.1) is 0 Å². The summed E-state index contributed by atoms with van der Waals surface area (Å²) in [6.07, 6.45) is 0. The third kappa shape index (κ3) is 1.69. The number of benzene rings is 1. The van der Waals surface area contributed by atoms with Crippen LogP contribution in [0.15, 0.2) is 33.9 Å². The van der Waals surface area contributed by atoms with Crippen molar-refractivity contribution in [3.63, 3.8) is 0 Å². The Balaban J connectivity index is 2.15. The topological polar surface area (TPSA) is 84.2 Å². The summed E-state index contributed by atoms with van der Waals surface area (Å²) in [7, 11) is 0. The zero-order valence-corrected chi connectivity index (χ0v) is 8.65. The van der Waals surface area contributed by atoms with Gasteiger partial charge in [-0.25, -0.2) is 4.79 Å². The quantitative estimate of drug-likeness (QED) is 0.748. The predicted octanol–water partition coefficient (Wildman–Crippen LogP) is 0.459. The minimum Gasteiger partial charge on any atom is -0.454 e. The summed E-state index contributed by atoms with van der Waals surface area (Å²) in [6, 6.07) is 6.52. The molecule has 2 N–H and O–H groups in total. The maximum Gasteiger partial charge on any atom is 0.326 e. The molecule has 3 rings (SSSR count). The van der Waals surface area contributed by atoms with Gasteiger partial charge < -0.3 is 14.5 Å². The molecular formula is C11H8N2O4. The van der Waals surface area contributed by atoms with Crippen molar-refractivity contribution in [1.29, 1.82) is 0 Å². The standard InChI is InChI=1S/C11H8N2O4/c14-10-4-7(12-11(15)13-10)6-1-2-8-9(3-6)17-5-16-8/h1-4H,5H2,(H2,12,13,14,15). The highest BCUT2D eigenvalue weighted by Gasteiger charge is 2.14. The van der Waals surface area contributed by atoms with E-state index in [2.05, 4.69) is 9.97 Å². The van der Waals surface area contributed by atoms with E-state index in [-0.39, 0.29) is 6.79 Å². The number of nitrogens with one attached hydrogen (secondary N) is 2. The van der Waals surface area contributed by atoms with E-state index in [1.54, 1.807) is 18.2 Å². The monoisotopic (exact) mass is 232 g/mol. The fourth-order valence-corrected chi connectivity index (χ4v) is 1.69. The van der Waals surface area contributed by atoms with Crippen LogP contribution in [-0.2, 0) is 0 Å². The minimum atomic E-state index is -0.537. The van der Waals surface area contributed by atoms with Gasteiger partial charge in [-0.05, 0) is 18.2 Å². The molecule has 2 aromatic rings. The average Bonchev–Trinajstić information content (AvgIpc) is 2.74. The van der Waals surface area contributed by atoms with E-state index in [4.69, 9.17) is 9.47 Å². The molecule has 86 valence electrons. The van der Waals surface area contributed by atoms with Crippen LogP contribution in [0.5, 0.6) is 11.5 Å². The van der Waals surface area contributed by atoms with Gasteiger partial charge in [-0.15, -0.1) is 0 Å². The van der Waals surface area contributed by atoms with Crippen molar-refractivity contribution in [3.05, 3.63) is 45.1 Å². The summed E-state index contributed by atoms with van der Waals surface area (Å²) in [5.41, 5.74) is 0.154. The highest BCUT2D eigenvalue weighted by molar-refractivity contribution is 5.63. The first-order valence-electron chi connectivity index (χ1n) is 4.96. The van der Waals surface area contributed by atoms with Gasteiger partial charge in [-0.1, -0.05) is 0 Å². The number of rotatable bonds is 1. The minimum absolute atomic E-state index is 0.185. The Morgan fingerprint density at radius 3 is 2.65 bits per heavy atom. The molecule has 17 heavy (non-hydrogen) atoms. The largest absolute Gasteiger partial charge is 0.454 e. The molecule has 1 aliphatic heterocycles. The van der Waals surface area contributed by atoms with E-state index < -0.39 is 11.2 Å². The Bertz CT molecular complexity index is 658. The number of aromatic amines is 2. The fourth-order valence-electron chi connectivity index (χ4n) is 1.69. The van der Waals surface area contributed by atoms with E-state index in [0.717, 1.165) is 0 Å². The summed E-state index contributed by atoms with van der Waals surface area (Å²) in [6.45, 7) is 0.185. The maximum atomic E-state index is 11.2. The second kappa shape index (κ2) is 3.51. The van der Waals surface area contributed by atoms with Crippen molar-refractivity contribution in [3.8, 4) is 22.8 Å². The van der Waals surface area contributed by atoms with Crippen molar-refractivity contribution in [1.82, 2.24) is 9.97 Å². The summed E-state index contributed by atoms with van der Waals surface area (Å²) < 4.78 is 10.4. The van der Waals surface area contributed by atoms with Crippen LogP contribution < -0.4 is 20.7 Å².